The van der Waals surface area contributed by atoms with Crippen molar-refractivity contribution in [3.05, 3.63) is 0 Å². The van der Waals surface area contributed by atoms with Crippen LogP contribution in [0, 0.1) is 0 Å². The molecule has 0 aromatic carbocycles. The first-order valence-electron chi connectivity index (χ1n) is 8.24. The first-order valence-corrected chi connectivity index (χ1v) is 8.24. The quantitative estimate of drug-likeness (QED) is 0.850. The summed E-state index contributed by atoms with van der Waals surface area (Å²) >= 11 is 0. The van der Waals surface area contributed by atoms with Crippen LogP contribution in [0.25, 0.3) is 0 Å². The van der Waals surface area contributed by atoms with Crippen LogP contribution in [0.15, 0.2) is 0 Å². The number of amides is 1. The Balaban J connectivity index is 2.01. The zero-order valence-corrected chi connectivity index (χ0v) is 14.0. The predicted molar refractivity (Wildman–Crippen MR) is 84.7 cm³/mol. The highest BCUT2D eigenvalue weighted by molar-refractivity contribution is 5.66. The van der Waals surface area contributed by atoms with Crippen molar-refractivity contribution >= 4 is 6.09 Å². The summed E-state index contributed by atoms with van der Waals surface area (Å²) in [6.45, 7) is 10.5. The minimum absolute atomic E-state index is 0.168. The molecule has 0 radical (unpaired) electrons. The van der Waals surface area contributed by atoms with Gasteiger partial charge >= 0.3 is 6.09 Å². The van der Waals surface area contributed by atoms with Crippen molar-refractivity contribution in [3.8, 4) is 0 Å². The average Bonchev–Trinajstić information content (AvgIpc) is 2.37. The second-order valence-electron chi connectivity index (χ2n) is 7.64. The molecule has 1 aliphatic carbocycles. The van der Waals surface area contributed by atoms with Gasteiger partial charge in [0, 0.05) is 43.8 Å². The maximum atomic E-state index is 11.7. The summed E-state index contributed by atoms with van der Waals surface area (Å²) in [6, 6.07) is 0.725. The number of likely N-dealkylation sites (N-methyl/N-ethyl adjacent to an activating group) is 1. The number of nitrogens with zero attached hydrogens (tertiary/aromatic N) is 3. The maximum absolute atomic E-state index is 11.7. The Morgan fingerprint density at radius 1 is 1.14 bits per heavy atom. The monoisotopic (exact) mass is 297 g/mol. The van der Waals surface area contributed by atoms with Gasteiger partial charge in [0.15, 0.2) is 0 Å². The van der Waals surface area contributed by atoms with E-state index >= 15 is 0 Å². The van der Waals surface area contributed by atoms with E-state index in [4.69, 9.17) is 0 Å². The summed E-state index contributed by atoms with van der Waals surface area (Å²) in [6.07, 6.45) is 3.59. The fourth-order valence-electron chi connectivity index (χ4n) is 3.88. The molecule has 0 bridgehead atoms. The third kappa shape index (κ3) is 4.10. The maximum Gasteiger partial charge on any atom is 0.407 e. The van der Waals surface area contributed by atoms with E-state index < -0.39 is 6.09 Å². The molecule has 0 aromatic heterocycles. The molecule has 1 N–H and O–H groups in total. The lowest BCUT2D eigenvalue weighted by Gasteiger charge is -2.46. The van der Waals surface area contributed by atoms with Crippen LogP contribution in [0.4, 0.5) is 4.79 Å². The summed E-state index contributed by atoms with van der Waals surface area (Å²) < 4.78 is 0. The van der Waals surface area contributed by atoms with Crippen LogP contribution >= 0.6 is 0 Å². The van der Waals surface area contributed by atoms with Crippen molar-refractivity contribution in [2.24, 2.45) is 0 Å². The van der Waals surface area contributed by atoms with Gasteiger partial charge in [-0.05, 0) is 53.5 Å². The molecule has 2 aliphatic rings. The van der Waals surface area contributed by atoms with Crippen LogP contribution in [0.5, 0.6) is 0 Å². The molecule has 0 aromatic rings. The predicted octanol–water partition coefficient (Wildman–Crippen LogP) is 2.32. The van der Waals surface area contributed by atoms with E-state index in [9.17, 15) is 9.90 Å². The van der Waals surface area contributed by atoms with Crippen LogP contribution < -0.4 is 0 Å². The molecular formula is C16H31N3O2. The van der Waals surface area contributed by atoms with Crippen LogP contribution in [-0.2, 0) is 0 Å². The summed E-state index contributed by atoms with van der Waals surface area (Å²) in [7, 11) is 2.17. The van der Waals surface area contributed by atoms with Gasteiger partial charge in [-0.25, -0.2) is 4.79 Å². The van der Waals surface area contributed by atoms with Crippen molar-refractivity contribution in [2.75, 3.05) is 33.2 Å². The van der Waals surface area contributed by atoms with Gasteiger partial charge < -0.3 is 14.9 Å². The Labute approximate surface area is 128 Å². The Hall–Kier alpha value is -0.810. The topological polar surface area (TPSA) is 47.0 Å². The van der Waals surface area contributed by atoms with E-state index in [1.165, 1.54) is 6.42 Å². The lowest BCUT2D eigenvalue weighted by molar-refractivity contribution is 0.0239. The summed E-state index contributed by atoms with van der Waals surface area (Å²) in [5, 5.41) is 9.60. The van der Waals surface area contributed by atoms with Crippen LogP contribution in [0.1, 0.15) is 46.5 Å². The van der Waals surface area contributed by atoms with E-state index in [1.807, 2.05) is 20.8 Å². The molecule has 1 heterocycles. The van der Waals surface area contributed by atoms with Gasteiger partial charge in [0.1, 0.15) is 0 Å². The van der Waals surface area contributed by atoms with Gasteiger partial charge in [-0.1, -0.05) is 0 Å². The molecule has 1 saturated carbocycles. The smallest absolute Gasteiger partial charge is 0.407 e. The fraction of sp³-hybridized carbons (Fsp3) is 0.938. The van der Waals surface area contributed by atoms with Crippen molar-refractivity contribution in [1.29, 1.82) is 0 Å². The van der Waals surface area contributed by atoms with Gasteiger partial charge in [-0.3, -0.25) is 4.90 Å². The first kappa shape index (κ1) is 16.6. The molecular weight excluding hydrogens is 266 g/mol. The molecule has 21 heavy (non-hydrogen) atoms. The number of carboxylic acid groups (broad SMARTS) is 1. The van der Waals surface area contributed by atoms with E-state index in [-0.39, 0.29) is 11.6 Å². The number of carbonyl (C=O) groups is 1. The average molecular weight is 297 g/mol. The van der Waals surface area contributed by atoms with Gasteiger partial charge in [-0.15, -0.1) is 0 Å². The summed E-state index contributed by atoms with van der Waals surface area (Å²) in [5.41, 5.74) is -0.319. The minimum Gasteiger partial charge on any atom is -0.465 e. The molecule has 2 fully saturated rings. The highest BCUT2D eigenvalue weighted by Crippen LogP contribution is 2.31. The Morgan fingerprint density at radius 2 is 1.76 bits per heavy atom. The lowest BCUT2D eigenvalue weighted by Crippen LogP contribution is -2.56. The molecule has 0 spiro atoms. The molecule has 5 nitrogen and oxygen atoms in total. The number of hydrogen-bond acceptors (Lipinski definition) is 3. The highest BCUT2D eigenvalue weighted by Gasteiger charge is 2.37. The van der Waals surface area contributed by atoms with E-state index in [0.717, 1.165) is 45.4 Å². The van der Waals surface area contributed by atoms with Crippen molar-refractivity contribution in [2.45, 2.75) is 64.1 Å². The van der Waals surface area contributed by atoms with E-state index in [1.54, 1.807) is 4.90 Å². The van der Waals surface area contributed by atoms with Gasteiger partial charge in [0.2, 0.25) is 0 Å². The number of piperazine rings is 1. The fourth-order valence-corrected chi connectivity index (χ4v) is 3.88. The largest absolute Gasteiger partial charge is 0.465 e. The zero-order chi connectivity index (χ0) is 15.6. The standard InChI is InChI=1S/C16H31N3O2/c1-16(2,3)19(15(20)21)14-7-5-6-13(12-14)18-10-8-17(4)9-11-18/h13-14H,5-12H2,1-4H3,(H,20,21). The zero-order valence-electron chi connectivity index (χ0n) is 14.0. The van der Waals surface area contributed by atoms with Gasteiger partial charge in [-0.2, -0.15) is 0 Å². The molecule has 1 aliphatic heterocycles. The second-order valence-corrected chi connectivity index (χ2v) is 7.64. The molecule has 5 heteroatoms. The second kappa shape index (κ2) is 6.53. The van der Waals surface area contributed by atoms with Crippen molar-refractivity contribution in [3.63, 3.8) is 0 Å². The molecule has 1 amide bonds. The SMILES string of the molecule is CN1CCN(C2CCCC(N(C(=O)O)C(C)(C)C)C2)CC1. The third-order valence-corrected chi connectivity index (χ3v) is 4.97. The number of rotatable bonds is 2. The van der Waals surface area contributed by atoms with Crippen LogP contribution in [-0.4, -0.2) is 76.7 Å². The van der Waals surface area contributed by atoms with E-state index in [2.05, 4.69) is 16.8 Å². The number of hydrogen-bond donors (Lipinski definition) is 1. The lowest BCUT2D eigenvalue weighted by atomic mass is 9.86. The third-order valence-electron chi connectivity index (χ3n) is 4.97. The normalized spacial score (nSPS) is 29.3. The minimum atomic E-state index is -0.772. The van der Waals surface area contributed by atoms with Crippen LogP contribution in [0.2, 0.25) is 0 Å². The Kier molecular flexibility index (Phi) is 5.15. The molecule has 2 rings (SSSR count). The Morgan fingerprint density at radius 3 is 2.29 bits per heavy atom. The highest BCUT2D eigenvalue weighted by atomic mass is 16.4. The first-order chi connectivity index (χ1) is 9.79. The van der Waals surface area contributed by atoms with Gasteiger partial charge in [0.25, 0.3) is 0 Å². The van der Waals surface area contributed by atoms with Crippen molar-refractivity contribution < 1.29 is 9.90 Å². The van der Waals surface area contributed by atoms with Crippen LogP contribution in [0.3, 0.4) is 0 Å². The molecule has 2 atom stereocenters. The van der Waals surface area contributed by atoms with E-state index in [0.29, 0.717) is 6.04 Å². The summed E-state index contributed by atoms with van der Waals surface area (Å²) in [4.78, 5) is 18.3. The molecule has 1 saturated heterocycles. The Bertz CT molecular complexity index is 359. The summed E-state index contributed by atoms with van der Waals surface area (Å²) in [5.74, 6) is 0. The molecule has 122 valence electrons. The van der Waals surface area contributed by atoms with Gasteiger partial charge in [0.05, 0.1) is 0 Å². The van der Waals surface area contributed by atoms with Crippen molar-refractivity contribution in [1.82, 2.24) is 14.7 Å². The molecule has 2 unspecified atom stereocenters.